The molecule has 8 heteroatoms. The van der Waals surface area contributed by atoms with Crippen LogP contribution in [0.25, 0.3) is 5.90 Å². The second-order valence-electron chi connectivity index (χ2n) is 0.789. The van der Waals surface area contributed by atoms with Crippen LogP contribution >= 0.6 is 0 Å². The number of rotatable bonds is 2. The van der Waals surface area contributed by atoms with Gasteiger partial charge in [-0.2, -0.15) is 0 Å². The number of hydrogen-bond donors (Lipinski definition) is 1. The summed E-state index contributed by atoms with van der Waals surface area (Å²) in [5.41, 5.74) is 0. The first kappa shape index (κ1) is 16.6. The van der Waals surface area contributed by atoms with Gasteiger partial charge in [0.1, 0.15) is 6.79 Å². The van der Waals surface area contributed by atoms with Gasteiger partial charge in [-0.1, -0.05) is 0 Å². The first-order valence-electron chi connectivity index (χ1n) is 1.75. The molecule has 0 bridgehead atoms. The maximum Gasteiger partial charge on any atom is 0.291 e. The first-order chi connectivity index (χ1) is 4.15. The number of hydrogen-bond acceptors (Lipinski definition) is 4. The molecule has 0 fully saturated rings. The Hall–Kier alpha value is 0.184. The van der Waals surface area contributed by atoms with Crippen molar-refractivity contribution in [2.24, 2.45) is 0 Å². The summed E-state index contributed by atoms with van der Waals surface area (Å²) in [4.78, 5) is 12.1. The van der Waals surface area contributed by atoms with E-state index in [0.717, 1.165) is 0 Å². The molecule has 2 N–H and O–H groups in total. The van der Waals surface area contributed by atoms with Crippen molar-refractivity contribution in [3.8, 4) is 0 Å². The Kier molecular flexibility index (Phi) is 26.8. The topological polar surface area (TPSA) is 106 Å². The molecule has 0 aliphatic rings. The van der Waals surface area contributed by atoms with Crippen molar-refractivity contribution < 1.29 is 52.6 Å². The maximum atomic E-state index is 8.36. The molecule has 0 spiro atoms. The zero-order chi connectivity index (χ0) is 7.70. The fourth-order valence-corrected chi connectivity index (χ4v) is 0.0589. The Bertz CT molecular complexity index is 64.7. The number of ether oxygens (including phenoxy) is 1. The molecule has 0 atom stereocenters. The summed E-state index contributed by atoms with van der Waals surface area (Å²) >= 11 is 0. The van der Waals surface area contributed by atoms with Crippen LogP contribution in [0.15, 0.2) is 0 Å². The average Bonchev–Trinajstić information content (AvgIpc) is 1.66. The molecule has 0 unspecified atom stereocenters. The molecule has 0 saturated heterocycles. The average molecular weight is 228 g/mol. The number of methoxy groups -OCH3 is 1. The zero-order valence-corrected chi connectivity index (χ0v) is 8.15. The molecule has 0 aromatic rings. The van der Waals surface area contributed by atoms with E-state index in [4.69, 9.17) is 21.2 Å². The maximum absolute atomic E-state index is 8.36. The molecule has 0 aliphatic carbocycles. The van der Waals surface area contributed by atoms with Crippen LogP contribution in [0.2, 0.25) is 0 Å². The fraction of sp³-hybridized carbons (Fsp3) is 1.00. The third-order valence-corrected chi connectivity index (χ3v) is 0.177. The zero-order valence-electron chi connectivity index (χ0n) is 5.31. The van der Waals surface area contributed by atoms with Gasteiger partial charge in [-0.25, -0.2) is 0 Å². The minimum atomic E-state index is -1.50. The van der Waals surface area contributed by atoms with Gasteiger partial charge in [0.2, 0.25) is 0 Å². The van der Waals surface area contributed by atoms with Crippen LogP contribution in [-0.2, 0) is 42.3 Å². The van der Waals surface area contributed by atoms with Crippen LogP contribution in [0.4, 0.5) is 0 Å². The Morgan fingerprint density at radius 3 is 2.10 bits per heavy atom. The van der Waals surface area contributed by atoms with Crippen molar-refractivity contribution in [2.75, 3.05) is 13.9 Å². The summed E-state index contributed by atoms with van der Waals surface area (Å²) in [6, 6.07) is 0. The molecule has 0 aliphatic heterocycles. The van der Waals surface area contributed by atoms with E-state index in [9.17, 15) is 0 Å². The molecule has 0 rings (SSSR count). The summed E-state index contributed by atoms with van der Waals surface area (Å²) in [6.07, 6.45) is 0. The van der Waals surface area contributed by atoms with Crippen molar-refractivity contribution >= 4 is 0 Å². The summed E-state index contributed by atoms with van der Waals surface area (Å²) in [5.74, 6) is 5.98. The molecule has 0 amide bonds. The molecule has 0 heterocycles. The van der Waals surface area contributed by atoms with Crippen molar-refractivity contribution in [2.45, 2.75) is 0 Å². The summed E-state index contributed by atoms with van der Waals surface area (Å²) in [6.45, 7) is 0.0556. The molecule has 1 radical (unpaired) electrons. The van der Waals surface area contributed by atoms with Gasteiger partial charge < -0.3 is 20.7 Å². The molecule has 0 aromatic heterocycles. The standard InChI is InChI=1S/C2H6NO2.HNO3.Y/c1-4-2-5-3;2-1(3)4;/h3H,2H2,1H3;(H,2,3,4);/q-1;;. The predicted molar refractivity (Wildman–Crippen MR) is 26.1 cm³/mol. The minimum Gasteiger partial charge on any atom is -0.548 e. The van der Waals surface area contributed by atoms with Gasteiger partial charge in [0.15, 0.2) is 0 Å². The third-order valence-electron chi connectivity index (χ3n) is 0.177. The predicted octanol–water partition coefficient (Wildman–Crippen LogP) is 0.224. The Morgan fingerprint density at radius 1 is 1.80 bits per heavy atom. The van der Waals surface area contributed by atoms with E-state index < -0.39 is 5.09 Å². The Labute approximate surface area is 82.4 Å². The smallest absolute Gasteiger partial charge is 0.291 e. The summed E-state index contributed by atoms with van der Waals surface area (Å²) in [5, 5.41) is 13.6. The van der Waals surface area contributed by atoms with Crippen LogP contribution in [0, 0.1) is 10.1 Å². The normalized spacial score (nSPS) is 6.60. The number of nitrogens with zero attached hydrogens (tertiary/aromatic N) is 1. The van der Waals surface area contributed by atoms with E-state index in [1.165, 1.54) is 7.11 Å². The van der Waals surface area contributed by atoms with Crippen molar-refractivity contribution in [3.05, 3.63) is 16.0 Å². The second-order valence-corrected chi connectivity index (χ2v) is 0.789. The van der Waals surface area contributed by atoms with E-state index in [0.29, 0.717) is 0 Å². The van der Waals surface area contributed by atoms with E-state index in [1.54, 1.807) is 0 Å². The van der Waals surface area contributed by atoms with Crippen LogP contribution in [-0.4, -0.2) is 24.2 Å². The van der Waals surface area contributed by atoms with Crippen LogP contribution in [0.3, 0.4) is 0 Å². The van der Waals surface area contributed by atoms with Crippen molar-refractivity contribution in [1.29, 1.82) is 0 Å². The van der Waals surface area contributed by atoms with Gasteiger partial charge in [-0.3, -0.25) is 0 Å². The molecule has 7 nitrogen and oxygen atoms in total. The molecular weight excluding hydrogens is 221 g/mol. The van der Waals surface area contributed by atoms with Gasteiger partial charge in [0.25, 0.3) is 5.09 Å². The van der Waals surface area contributed by atoms with E-state index in [2.05, 4.69) is 9.57 Å². The Morgan fingerprint density at radius 2 is 2.10 bits per heavy atom. The van der Waals surface area contributed by atoms with Gasteiger partial charge in [-0.15, -0.1) is 10.1 Å². The largest absolute Gasteiger partial charge is 0.548 e. The van der Waals surface area contributed by atoms with E-state index >= 15 is 0 Å². The van der Waals surface area contributed by atoms with Gasteiger partial charge in [-0.05, 0) is 0 Å². The molecule has 10 heavy (non-hydrogen) atoms. The minimum absolute atomic E-state index is 0. The quantitative estimate of drug-likeness (QED) is 0.413. The third kappa shape index (κ3) is 88.6. The SMILES string of the molecule is COCO[NH-].O=[N+]([O-])O.[Y]. The fourth-order valence-electron chi connectivity index (χ4n) is 0.0589. The molecule has 0 saturated carbocycles. The number of nitrogens with one attached hydrogen (secondary N) is 1. The van der Waals surface area contributed by atoms with E-state index in [1.807, 2.05) is 0 Å². The first-order valence-corrected chi connectivity index (χ1v) is 1.75. The monoisotopic (exact) mass is 228 g/mol. The molecular formula is C2H7N2O5Y-. The van der Waals surface area contributed by atoms with Gasteiger partial charge in [0, 0.05) is 39.8 Å². The van der Waals surface area contributed by atoms with Gasteiger partial charge >= 0.3 is 0 Å². The van der Waals surface area contributed by atoms with Crippen molar-refractivity contribution in [1.82, 2.24) is 0 Å². The van der Waals surface area contributed by atoms with Crippen LogP contribution in [0.1, 0.15) is 0 Å². The van der Waals surface area contributed by atoms with Crippen LogP contribution < -0.4 is 0 Å². The molecule has 0 aromatic carbocycles. The van der Waals surface area contributed by atoms with Gasteiger partial charge in [0.05, 0.1) is 0 Å². The second kappa shape index (κ2) is 16.1. The van der Waals surface area contributed by atoms with E-state index in [-0.39, 0.29) is 39.5 Å². The summed E-state index contributed by atoms with van der Waals surface area (Å²) in [7, 11) is 1.47. The summed E-state index contributed by atoms with van der Waals surface area (Å²) < 4.78 is 4.28. The Balaban J connectivity index is -0.0000000910. The molecule has 59 valence electrons. The van der Waals surface area contributed by atoms with Crippen molar-refractivity contribution in [3.63, 3.8) is 0 Å². The van der Waals surface area contributed by atoms with Crippen LogP contribution in [0.5, 0.6) is 0 Å².